The second-order valence-electron chi connectivity index (χ2n) is 11.0. The van der Waals surface area contributed by atoms with Gasteiger partial charge in [0, 0.05) is 30.8 Å². The zero-order valence-electron chi connectivity index (χ0n) is 23.2. The van der Waals surface area contributed by atoms with E-state index in [2.05, 4.69) is 9.72 Å². The smallest absolute Gasteiger partial charge is 0.381 e. The van der Waals surface area contributed by atoms with Crippen LogP contribution in [-0.4, -0.2) is 40.0 Å². The van der Waals surface area contributed by atoms with E-state index in [1.807, 2.05) is 32.0 Å². The largest absolute Gasteiger partial charge is 0.417 e. The molecule has 0 radical (unpaired) electrons. The monoisotopic (exact) mass is 604 g/mol. The molecule has 1 amide bonds. The van der Waals surface area contributed by atoms with Crippen LogP contribution >= 0.6 is 11.6 Å². The third kappa shape index (κ3) is 4.86. The fourth-order valence-electron chi connectivity index (χ4n) is 6.44. The molecule has 7 nitrogen and oxygen atoms in total. The van der Waals surface area contributed by atoms with E-state index in [9.17, 15) is 18.0 Å². The number of hydrogen-bond acceptors (Lipinski definition) is 5. The SMILES string of the molecule is COC1CCC(n2c([C@@H]3C[C@H](F)C(=O)N3c3ccc(C(F)(F)F)c(Cl)c3)nc3cc(-c4c(C)noc4C)ccc32)CC1. The van der Waals surface area contributed by atoms with Crippen molar-refractivity contribution in [2.45, 2.75) is 76.5 Å². The average Bonchev–Trinajstić information content (AvgIpc) is 3.59. The van der Waals surface area contributed by atoms with Crippen LogP contribution in [0.1, 0.15) is 67.0 Å². The van der Waals surface area contributed by atoms with E-state index >= 15 is 4.39 Å². The van der Waals surface area contributed by atoms with Crippen LogP contribution < -0.4 is 4.90 Å². The topological polar surface area (TPSA) is 73.4 Å². The number of ether oxygens (including phenoxy) is 1. The third-order valence-corrected chi connectivity index (χ3v) is 8.78. The molecule has 12 heteroatoms. The highest BCUT2D eigenvalue weighted by molar-refractivity contribution is 6.31. The molecule has 0 bridgehead atoms. The molecule has 1 aliphatic carbocycles. The molecule has 3 heterocycles. The summed E-state index contributed by atoms with van der Waals surface area (Å²) >= 11 is 6.01. The van der Waals surface area contributed by atoms with E-state index < -0.39 is 34.9 Å². The number of carbonyl (C=O) groups is 1. The molecule has 2 aromatic heterocycles. The van der Waals surface area contributed by atoms with Crippen molar-refractivity contribution in [1.29, 1.82) is 0 Å². The number of alkyl halides is 4. The summed E-state index contributed by atoms with van der Waals surface area (Å²) in [6.07, 6.45) is -3.34. The van der Waals surface area contributed by atoms with Crippen LogP contribution in [0.2, 0.25) is 5.02 Å². The van der Waals surface area contributed by atoms with Gasteiger partial charge in [-0.3, -0.25) is 9.69 Å². The number of anilines is 1. The first-order valence-corrected chi connectivity index (χ1v) is 14.2. The molecule has 2 aliphatic rings. The van der Waals surface area contributed by atoms with E-state index in [1.165, 1.54) is 4.90 Å². The molecule has 1 aliphatic heterocycles. The number of halogens is 5. The van der Waals surface area contributed by atoms with Gasteiger partial charge in [-0.1, -0.05) is 22.8 Å². The lowest BCUT2D eigenvalue weighted by atomic mass is 9.92. The Morgan fingerprint density at radius 3 is 2.43 bits per heavy atom. The van der Waals surface area contributed by atoms with Gasteiger partial charge in [-0.05, 0) is 75.4 Å². The molecule has 0 N–H and O–H groups in total. The van der Waals surface area contributed by atoms with Crippen molar-refractivity contribution in [3.63, 3.8) is 0 Å². The van der Waals surface area contributed by atoms with Crippen molar-refractivity contribution in [2.75, 3.05) is 12.0 Å². The molecule has 2 aromatic carbocycles. The number of hydrogen-bond donors (Lipinski definition) is 0. The van der Waals surface area contributed by atoms with Crippen molar-refractivity contribution in [2.24, 2.45) is 0 Å². The summed E-state index contributed by atoms with van der Waals surface area (Å²) in [5.41, 5.74) is 2.97. The van der Waals surface area contributed by atoms with Gasteiger partial charge in [0.05, 0.1) is 39.5 Å². The Balaban J connectivity index is 1.49. The fraction of sp³-hybridized carbons (Fsp3) is 0.433. The minimum absolute atomic E-state index is 0.00752. The van der Waals surface area contributed by atoms with Crippen LogP contribution in [0, 0.1) is 13.8 Å². The van der Waals surface area contributed by atoms with Gasteiger partial charge in [0.15, 0.2) is 6.17 Å². The van der Waals surface area contributed by atoms with E-state index in [0.29, 0.717) is 17.1 Å². The number of amides is 1. The van der Waals surface area contributed by atoms with Crippen molar-refractivity contribution in [3.05, 3.63) is 64.3 Å². The summed E-state index contributed by atoms with van der Waals surface area (Å²) in [6, 6.07) is 8.04. The maximum Gasteiger partial charge on any atom is 0.417 e. The number of carbonyl (C=O) groups excluding carboxylic acids is 1. The molecule has 42 heavy (non-hydrogen) atoms. The molecule has 6 rings (SSSR count). The molecule has 1 saturated carbocycles. The molecule has 2 atom stereocenters. The first-order chi connectivity index (χ1) is 20.0. The van der Waals surface area contributed by atoms with Crippen LogP contribution in [0.25, 0.3) is 22.2 Å². The second-order valence-corrected chi connectivity index (χ2v) is 11.4. The van der Waals surface area contributed by atoms with Gasteiger partial charge in [0.25, 0.3) is 5.91 Å². The van der Waals surface area contributed by atoms with E-state index in [0.717, 1.165) is 66.2 Å². The van der Waals surface area contributed by atoms with Crippen LogP contribution in [0.3, 0.4) is 0 Å². The number of nitrogens with zero attached hydrogens (tertiary/aromatic N) is 4. The number of fused-ring (bicyclic) bond motifs is 1. The van der Waals surface area contributed by atoms with Crippen molar-refractivity contribution >= 4 is 34.2 Å². The number of aromatic nitrogens is 3. The predicted molar refractivity (Wildman–Crippen MR) is 149 cm³/mol. The maximum atomic E-state index is 15.1. The van der Waals surface area contributed by atoms with Crippen LogP contribution in [0.15, 0.2) is 40.9 Å². The molecule has 1 saturated heterocycles. The molecule has 0 unspecified atom stereocenters. The summed E-state index contributed by atoms with van der Waals surface area (Å²) in [5.74, 6) is 0.302. The number of methoxy groups -OCH3 is 1. The van der Waals surface area contributed by atoms with Gasteiger partial charge in [-0.15, -0.1) is 0 Å². The second kappa shape index (κ2) is 10.7. The summed E-state index contributed by atoms with van der Waals surface area (Å²) in [6.45, 7) is 3.68. The Bertz CT molecular complexity index is 1640. The van der Waals surface area contributed by atoms with E-state index in [4.69, 9.17) is 25.8 Å². The highest BCUT2D eigenvalue weighted by Crippen LogP contribution is 2.45. The zero-order chi connectivity index (χ0) is 29.9. The molecular weight excluding hydrogens is 576 g/mol. The molecule has 222 valence electrons. The normalized spacial score (nSPS) is 23.3. The number of benzene rings is 2. The van der Waals surface area contributed by atoms with Crippen LogP contribution in [-0.2, 0) is 15.7 Å². The summed E-state index contributed by atoms with van der Waals surface area (Å²) in [5, 5.41) is 3.49. The number of rotatable bonds is 5. The van der Waals surface area contributed by atoms with Gasteiger partial charge in [0.1, 0.15) is 11.6 Å². The van der Waals surface area contributed by atoms with Crippen molar-refractivity contribution in [1.82, 2.24) is 14.7 Å². The first-order valence-electron chi connectivity index (χ1n) is 13.8. The predicted octanol–water partition coefficient (Wildman–Crippen LogP) is 7.93. The Morgan fingerprint density at radius 2 is 1.81 bits per heavy atom. The number of aryl methyl sites for hydroxylation is 2. The lowest BCUT2D eigenvalue weighted by Gasteiger charge is -2.32. The standard InChI is InChI=1S/C30H29ClF4N4O3/c1-15-27(16(2)42-37-15)17-4-11-25-24(12-17)36-28(38(25)18-5-8-20(41-3)9-6-18)26-14-23(32)29(40)39(26)19-7-10-21(22(31)13-19)30(33,34)35/h4,7,10-13,18,20,23,26H,5-6,8-9,14H2,1-3H3/t18?,20?,23-,26-/m0/s1. The van der Waals surface area contributed by atoms with Gasteiger partial charge in [-0.2, -0.15) is 13.2 Å². The summed E-state index contributed by atoms with van der Waals surface area (Å²) in [4.78, 5) is 19.3. The quantitative estimate of drug-likeness (QED) is 0.216. The Hall–Kier alpha value is -3.44. The van der Waals surface area contributed by atoms with Gasteiger partial charge >= 0.3 is 6.18 Å². The van der Waals surface area contributed by atoms with Gasteiger partial charge < -0.3 is 13.8 Å². The lowest BCUT2D eigenvalue weighted by Crippen LogP contribution is -2.32. The van der Waals surface area contributed by atoms with Gasteiger partial charge in [0.2, 0.25) is 0 Å². The maximum absolute atomic E-state index is 15.1. The summed E-state index contributed by atoms with van der Waals surface area (Å²) in [7, 11) is 1.69. The highest BCUT2D eigenvalue weighted by Gasteiger charge is 2.45. The third-order valence-electron chi connectivity index (χ3n) is 8.46. The van der Waals surface area contributed by atoms with Crippen molar-refractivity contribution < 1.29 is 31.6 Å². The Kier molecular flexibility index (Phi) is 7.29. The number of imidazole rings is 1. The van der Waals surface area contributed by atoms with E-state index in [1.54, 1.807) is 7.11 Å². The van der Waals surface area contributed by atoms with Crippen molar-refractivity contribution in [3.8, 4) is 11.1 Å². The zero-order valence-corrected chi connectivity index (χ0v) is 24.0. The minimum Gasteiger partial charge on any atom is -0.381 e. The molecule has 0 spiro atoms. The van der Waals surface area contributed by atoms with Gasteiger partial charge in [-0.25, -0.2) is 9.37 Å². The van der Waals surface area contributed by atoms with E-state index in [-0.39, 0.29) is 24.3 Å². The lowest BCUT2D eigenvalue weighted by molar-refractivity contribution is -0.137. The Labute approximate surface area is 244 Å². The van der Waals surface area contributed by atoms with Crippen LogP contribution in [0.5, 0.6) is 0 Å². The molecule has 4 aromatic rings. The molecular formula is C30H29ClF4N4O3. The molecule has 2 fully saturated rings. The fourth-order valence-corrected chi connectivity index (χ4v) is 6.73. The summed E-state index contributed by atoms with van der Waals surface area (Å²) < 4.78 is 68.3. The average molecular weight is 605 g/mol. The Morgan fingerprint density at radius 1 is 1.07 bits per heavy atom. The minimum atomic E-state index is -4.67. The van der Waals surface area contributed by atoms with Crippen LogP contribution in [0.4, 0.5) is 23.2 Å². The first kappa shape index (κ1) is 28.7. The highest BCUT2D eigenvalue weighted by atomic mass is 35.5.